The largest absolute Gasteiger partial charge is 0.455 e. The lowest BCUT2D eigenvalue weighted by Gasteiger charge is -2.13. The van der Waals surface area contributed by atoms with Crippen LogP contribution >= 0.6 is 11.6 Å². The first-order valence-corrected chi connectivity index (χ1v) is 9.12. The van der Waals surface area contributed by atoms with E-state index in [-0.39, 0.29) is 12.5 Å². The molecular weight excluding hydrogens is 368 g/mol. The third-order valence-electron chi connectivity index (χ3n) is 4.18. The van der Waals surface area contributed by atoms with E-state index in [2.05, 4.69) is 10.4 Å². The van der Waals surface area contributed by atoms with Crippen molar-refractivity contribution in [1.29, 1.82) is 0 Å². The quantitative estimate of drug-likeness (QED) is 0.428. The molecule has 1 N–H and O–H groups in total. The Morgan fingerprint density at radius 2 is 1.96 bits per heavy atom. The molecule has 1 aliphatic rings. The van der Waals surface area contributed by atoms with Crippen LogP contribution in [0.15, 0.2) is 45.9 Å². The van der Waals surface area contributed by atoms with E-state index in [0.29, 0.717) is 23.1 Å². The lowest BCUT2D eigenvalue weighted by atomic mass is 10.2. The predicted molar refractivity (Wildman–Crippen MR) is 104 cm³/mol. The van der Waals surface area contributed by atoms with Crippen molar-refractivity contribution >= 4 is 29.8 Å². The van der Waals surface area contributed by atoms with Gasteiger partial charge in [-0.15, -0.1) is 0 Å². The van der Waals surface area contributed by atoms with Gasteiger partial charge in [0.25, 0.3) is 5.91 Å². The second-order valence-electron chi connectivity index (χ2n) is 6.15. The first kappa shape index (κ1) is 19.1. The molecule has 0 spiro atoms. The Labute approximate surface area is 162 Å². The fraction of sp³-hybridized carbons (Fsp3) is 0.316. The van der Waals surface area contributed by atoms with E-state index in [1.165, 1.54) is 11.1 Å². The standard InChI is InChI=1S/C19H21ClN4O3/c1-21-10-2-3-11-23-18(25)13-24(19(23)26)22-12-16-8-9-17(27-16)14-4-6-15(20)7-5-14/h4-9,12,21H,2-3,10-11,13H2,1H3. The summed E-state index contributed by atoms with van der Waals surface area (Å²) in [5, 5.41) is 8.96. The molecule has 1 fully saturated rings. The molecule has 3 amide bonds. The number of amides is 3. The van der Waals surface area contributed by atoms with Gasteiger partial charge in [-0.3, -0.25) is 9.69 Å². The number of benzene rings is 1. The molecule has 27 heavy (non-hydrogen) atoms. The Morgan fingerprint density at radius 3 is 2.70 bits per heavy atom. The Hall–Kier alpha value is -2.64. The topological polar surface area (TPSA) is 78.2 Å². The number of nitrogens with one attached hydrogen (secondary N) is 1. The lowest BCUT2D eigenvalue weighted by Crippen LogP contribution is -2.32. The maximum atomic E-state index is 12.3. The maximum Gasteiger partial charge on any atom is 0.347 e. The molecule has 1 aromatic carbocycles. The van der Waals surface area contributed by atoms with Gasteiger partial charge >= 0.3 is 6.03 Å². The first-order chi connectivity index (χ1) is 13.1. The summed E-state index contributed by atoms with van der Waals surface area (Å²) in [5.74, 6) is 0.929. The number of urea groups is 1. The van der Waals surface area contributed by atoms with E-state index in [1.54, 1.807) is 18.2 Å². The van der Waals surface area contributed by atoms with Gasteiger partial charge < -0.3 is 9.73 Å². The summed E-state index contributed by atoms with van der Waals surface area (Å²) in [7, 11) is 1.87. The van der Waals surface area contributed by atoms with Crippen molar-refractivity contribution in [2.45, 2.75) is 12.8 Å². The normalized spacial score (nSPS) is 14.7. The van der Waals surface area contributed by atoms with E-state index >= 15 is 0 Å². The number of halogens is 1. The predicted octanol–water partition coefficient (Wildman–Crippen LogP) is 3.20. The molecule has 2 aromatic rings. The highest BCUT2D eigenvalue weighted by Crippen LogP contribution is 2.23. The van der Waals surface area contributed by atoms with E-state index < -0.39 is 6.03 Å². The zero-order chi connectivity index (χ0) is 19.2. The molecule has 0 unspecified atom stereocenters. The molecule has 7 nitrogen and oxygen atoms in total. The summed E-state index contributed by atoms with van der Waals surface area (Å²) in [6.07, 6.45) is 3.10. The van der Waals surface area contributed by atoms with Crippen LogP contribution in [0.2, 0.25) is 5.02 Å². The number of imide groups is 1. The number of furan rings is 1. The molecule has 0 atom stereocenters. The fourth-order valence-corrected chi connectivity index (χ4v) is 2.85. The molecule has 0 bridgehead atoms. The smallest absolute Gasteiger partial charge is 0.347 e. The van der Waals surface area contributed by atoms with Crippen molar-refractivity contribution in [1.82, 2.24) is 15.2 Å². The molecule has 0 saturated carbocycles. The number of unbranched alkanes of at least 4 members (excludes halogenated alkanes) is 1. The second-order valence-corrected chi connectivity index (χ2v) is 6.59. The second kappa shape index (κ2) is 8.83. The molecule has 1 saturated heterocycles. The SMILES string of the molecule is CNCCCCN1C(=O)CN(N=Cc2ccc(-c3ccc(Cl)cc3)o2)C1=O. The van der Waals surface area contributed by atoms with Crippen molar-refractivity contribution in [3.8, 4) is 11.3 Å². The molecular formula is C19H21ClN4O3. The Balaban J connectivity index is 1.60. The highest BCUT2D eigenvalue weighted by atomic mass is 35.5. The van der Waals surface area contributed by atoms with E-state index in [1.807, 2.05) is 25.2 Å². The van der Waals surface area contributed by atoms with Gasteiger partial charge in [0, 0.05) is 17.1 Å². The summed E-state index contributed by atoms with van der Waals surface area (Å²) in [6, 6.07) is 10.5. The number of rotatable bonds is 8. The van der Waals surface area contributed by atoms with Crippen LogP contribution in [-0.2, 0) is 4.79 Å². The summed E-state index contributed by atoms with van der Waals surface area (Å²) in [5.41, 5.74) is 0.888. The van der Waals surface area contributed by atoms with Gasteiger partial charge in [-0.2, -0.15) is 5.10 Å². The van der Waals surface area contributed by atoms with Gasteiger partial charge in [-0.05, 0) is 62.8 Å². The summed E-state index contributed by atoms with van der Waals surface area (Å²) in [6.45, 7) is 1.21. The van der Waals surface area contributed by atoms with E-state index in [0.717, 1.165) is 30.0 Å². The zero-order valence-electron chi connectivity index (χ0n) is 15.0. The minimum Gasteiger partial charge on any atom is -0.455 e. The van der Waals surface area contributed by atoms with Gasteiger partial charge in [-0.25, -0.2) is 9.80 Å². The molecule has 3 rings (SSSR count). The van der Waals surface area contributed by atoms with Crippen molar-refractivity contribution in [3.05, 3.63) is 47.2 Å². The third kappa shape index (κ3) is 4.75. The molecule has 1 aromatic heterocycles. The minimum absolute atomic E-state index is 0.0495. The van der Waals surface area contributed by atoms with Gasteiger partial charge in [0.2, 0.25) is 0 Å². The Morgan fingerprint density at radius 1 is 1.19 bits per heavy atom. The monoisotopic (exact) mass is 388 g/mol. The summed E-state index contributed by atoms with van der Waals surface area (Å²) < 4.78 is 5.71. The first-order valence-electron chi connectivity index (χ1n) is 8.74. The van der Waals surface area contributed by atoms with E-state index in [4.69, 9.17) is 16.0 Å². The molecule has 0 radical (unpaired) electrons. The highest BCUT2D eigenvalue weighted by molar-refractivity contribution is 6.30. The highest BCUT2D eigenvalue weighted by Gasteiger charge is 2.35. The van der Waals surface area contributed by atoms with Crippen LogP contribution in [0.25, 0.3) is 11.3 Å². The zero-order valence-corrected chi connectivity index (χ0v) is 15.8. The van der Waals surface area contributed by atoms with Crippen LogP contribution in [0.4, 0.5) is 4.79 Å². The van der Waals surface area contributed by atoms with Crippen LogP contribution in [0.5, 0.6) is 0 Å². The number of nitrogens with zero attached hydrogens (tertiary/aromatic N) is 3. The van der Waals surface area contributed by atoms with Crippen LogP contribution in [0.1, 0.15) is 18.6 Å². The van der Waals surface area contributed by atoms with Gasteiger partial charge in [-0.1, -0.05) is 11.6 Å². The summed E-state index contributed by atoms with van der Waals surface area (Å²) in [4.78, 5) is 25.6. The van der Waals surface area contributed by atoms with E-state index in [9.17, 15) is 9.59 Å². The molecule has 0 aliphatic carbocycles. The number of hydrogen-bond donors (Lipinski definition) is 1. The van der Waals surface area contributed by atoms with Crippen molar-refractivity contribution in [2.24, 2.45) is 5.10 Å². The number of carbonyl (C=O) groups excluding carboxylic acids is 2. The fourth-order valence-electron chi connectivity index (χ4n) is 2.73. The number of hydrogen-bond acceptors (Lipinski definition) is 5. The molecule has 1 aliphatic heterocycles. The van der Waals surface area contributed by atoms with Crippen LogP contribution in [0, 0.1) is 0 Å². The van der Waals surface area contributed by atoms with Gasteiger partial charge in [0.05, 0.1) is 6.21 Å². The van der Waals surface area contributed by atoms with Crippen molar-refractivity contribution in [2.75, 3.05) is 26.7 Å². The molecule has 142 valence electrons. The van der Waals surface area contributed by atoms with Gasteiger partial charge in [0.1, 0.15) is 18.1 Å². The number of hydrazone groups is 1. The average Bonchev–Trinajstić information content (AvgIpc) is 3.23. The van der Waals surface area contributed by atoms with Crippen LogP contribution in [-0.4, -0.2) is 54.7 Å². The maximum absolute atomic E-state index is 12.3. The average molecular weight is 389 g/mol. The minimum atomic E-state index is -0.398. The Bertz CT molecular complexity index is 832. The van der Waals surface area contributed by atoms with Gasteiger partial charge in [0.15, 0.2) is 0 Å². The number of carbonyl (C=O) groups is 2. The lowest BCUT2D eigenvalue weighted by molar-refractivity contribution is -0.125. The van der Waals surface area contributed by atoms with Crippen molar-refractivity contribution < 1.29 is 14.0 Å². The molecule has 2 heterocycles. The molecule has 8 heteroatoms. The third-order valence-corrected chi connectivity index (χ3v) is 4.43. The van der Waals surface area contributed by atoms with Crippen LogP contribution in [0.3, 0.4) is 0 Å². The Kier molecular flexibility index (Phi) is 6.26. The van der Waals surface area contributed by atoms with Crippen molar-refractivity contribution in [3.63, 3.8) is 0 Å². The summed E-state index contributed by atoms with van der Waals surface area (Å²) >= 11 is 5.89. The van der Waals surface area contributed by atoms with Crippen LogP contribution < -0.4 is 5.32 Å².